The van der Waals surface area contributed by atoms with Crippen LogP contribution in [0.2, 0.25) is 0 Å². The number of hydrogen-bond donors (Lipinski definition) is 1. The summed E-state index contributed by atoms with van der Waals surface area (Å²) in [6, 6.07) is 20.2. The minimum atomic E-state index is 0.622. The maximum atomic E-state index is 4.78. The van der Waals surface area contributed by atoms with Gasteiger partial charge in [-0.25, -0.2) is 14.6 Å². The first-order chi connectivity index (χ1) is 13.3. The molecular weight excluding hydrogens is 336 g/mol. The molecule has 27 heavy (non-hydrogen) atoms. The molecule has 4 aromatic rings. The lowest BCUT2D eigenvalue weighted by molar-refractivity contribution is 0.664. The highest BCUT2D eigenvalue weighted by Crippen LogP contribution is 2.23. The Morgan fingerprint density at radius 1 is 0.926 bits per heavy atom. The summed E-state index contributed by atoms with van der Waals surface area (Å²) in [6.45, 7) is 3.64. The van der Waals surface area contributed by atoms with Crippen molar-refractivity contribution in [1.82, 2.24) is 25.0 Å². The first kappa shape index (κ1) is 17.1. The molecule has 0 unspecified atom stereocenters. The zero-order valence-electron chi connectivity index (χ0n) is 15.3. The summed E-state index contributed by atoms with van der Waals surface area (Å²) >= 11 is 0. The minimum absolute atomic E-state index is 0.622. The number of nitrogens with one attached hydrogen (secondary N) is 1. The van der Waals surface area contributed by atoms with E-state index in [1.165, 1.54) is 0 Å². The fourth-order valence-corrected chi connectivity index (χ4v) is 2.94. The van der Waals surface area contributed by atoms with E-state index in [0.717, 1.165) is 42.0 Å². The highest BCUT2D eigenvalue weighted by Gasteiger charge is 2.15. The normalized spacial score (nSPS) is 11.0. The van der Waals surface area contributed by atoms with Crippen LogP contribution in [0.25, 0.3) is 22.6 Å². The molecule has 136 valence electrons. The molecule has 2 heterocycles. The van der Waals surface area contributed by atoms with Gasteiger partial charge >= 0.3 is 0 Å². The second-order valence-electron chi connectivity index (χ2n) is 6.45. The van der Waals surface area contributed by atoms with Crippen LogP contribution < -0.4 is 5.32 Å². The van der Waals surface area contributed by atoms with E-state index in [9.17, 15) is 0 Å². The van der Waals surface area contributed by atoms with Crippen molar-refractivity contribution in [1.29, 1.82) is 0 Å². The molecule has 4 rings (SSSR count). The molecule has 1 N–H and O–H groups in total. The molecular formula is C21H22N6. The van der Waals surface area contributed by atoms with Crippen molar-refractivity contribution < 1.29 is 0 Å². The summed E-state index contributed by atoms with van der Waals surface area (Å²) in [6.07, 6.45) is 2.19. The van der Waals surface area contributed by atoms with Crippen molar-refractivity contribution in [3.05, 3.63) is 66.2 Å². The number of fused-ring (bicyclic) bond motifs is 1. The number of rotatable bonds is 7. The van der Waals surface area contributed by atoms with E-state index in [2.05, 4.69) is 34.7 Å². The molecule has 0 saturated carbocycles. The molecule has 6 nitrogen and oxygen atoms in total. The summed E-state index contributed by atoms with van der Waals surface area (Å²) in [5.74, 6) is 1.42. The Bertz CT molecular complexity index is 1010. The number of nitrogens with zero attached hydrogens (tertiary/aromatic N) is 5. The second-order valence-corrected chi connectivity index (χ2v) is 6.45. The lowest BCUT2D eigenvalue weighted by Crippen LogP contribution is -2.07. The van der Waals surface area contributed by atoms with Crippen LogP contribution in [0.1, 0.15) is 25.3 Å². The van der Waals surface area contributed by atoms with Crippen LogP contribution in [-0.2, 0) is 6.54 Å². The van der Waals surface area contributed by atoms with Crippen molar-refractivity contribution in [2.24, 2.45) is 0 Å². The maximum absolute atomic E-state index is 4.78. The smallest absolute Gasteiger partial charge is 0.184 e. The topological polar surface area (TPSA) is 68.5 Å². The molecule has 2 aromatic heterocycles. The standard InChI is InChI=1S/C21H22N6/c1-2-3-14-22-20-18-21(24-19(23-20)17-12-8-5-9-13-17)27(26-25-18)15-16-10-6-4-7-11-16/h4-13H,2-3,14-15H2,1H3,(H,22,23,24). The third-order valence-electron chi connectivity index (χ3n) is 4.39. The summed E-state index contributed by atoms with van der Waals surface area (Å²) in [7, 11) is 0. The van der Waals surface area contributed by atoms with Gasteiger partial charge in [-0.15, -0.1) is 5.10 Å². The van der Waals surface area contributed by atoms with Crippen molar-refractivity contribution in [3.8, 4) is 11.4 Å². The van der Waals surface area contributed by atoms with Crippen molar-refractivity contribution in [2.75, 3.05) is 11.9 Å². The lowest BCUT2D eigenvalue weighted by atomic mass is 10.2. The van der Waals surface area contributed by atoms with Crippen LogP contribution in [0.15, 0.2) is 60.7 Å². The molecule has 0 amide bonds. The molecule has 0 aliphatic heterocycles. The van der Waals surface area contributed by atoms with E-state index >= 15 is 0 Å². The van der Waals surface area contributed by atoms with E-state index in [1.54, 1.807) is 0 Å². The van der Waals surface area contributed by atoms with Gasteiger partial charge < -0.3 is 5.32 Å². The first-order valence-electron chi connectivity index (χ1n) is 9.29. The van der Waals surface area contributed by atoms with Crippen LogP contribution in [0.3, 0.4) is 0 Å². The molecule has 0 saturated heterocycles. The fourth-order valence-electron chi connectivity index (χ4n) is 2.94. The Morgan fingerprint density at radius 3 is 2.41 bits per heavy atom. The molecule has 0 atom stereocenters. The van der Waals surface area contributed by atoms with Gasteiger partial charge in [0.05, 0.1) is 6.54 Å². The Hall–Kier alpha value is -3.28. The quantitative estimate of drug-likeness (QED) is 0.503. The second kappa shape index (κ2) is 7.95. The van der Waals surface area contributed by atoms with Gasteiger partial charge in [0.1, 0.15) is 0 Å². The van der Waals surface area contributed by atoms with E-state index in [1.807, 2.05) is 53.2 Å². The van der Waals surface area contributed by atoms with Gasteiger partial charge in [-0.3, -0.25) is 0 Å². The van der Waals surface area contributed by atoms with Gasteiger partial charge in [0.15, 0.2) is 22.8 Å². The summed E-state index contributed by atoms with van der Waals surface area (Å²) in [5, 5.41) is 12.1. The molecule has 0 bridgehead atoms. The number of hydrogen-bond acceptors (Lipinski definition) is 5. The van der Waals surface area contributed by atoms with E-state index in [-0.39, 0.29) is 0 Å². The average molecular weight is 358 g/mol. The molecule has 0 radical (unpaired) electrons. The van der Waals surface area contributed by atoms with E-state index < -0.39 is 0 Å². The molecule has 2 aromatic carbocycles. The lowest BCUT2D eigenvalue weighted by Gasteiger charge is -2.08. The summed E-state index contributed by atoms with van der Waals surface area (Å²) in [5.41, 5.74) is 3.59. The van der Waals surface area contributed by atoms with Gasteiger partial charge in [0.25, 0.3) is 0 Å². The van der Waals surface area contributed by atoms with E-state index in [0.29, 0.717) is 17.9 Å². The monoisotopic (exact) mass is 358 g/mol. The van der Waals surface area contributed by atoms with Gasteiger partial charge in [-0.05, 0) is 12.0 Å². The van der Waals surface area contributed by atoms with Crippen LogP contribution >= 0.6 is 0 Å². The number of unbranched alkanes of at least 4 members (excludes halogenated alkanes) is 1. The van der Waals surface area contributed by atoms with Gasteiger partial charge in [0, 0.05) is 12.1 Å². The first-order valence-corrected chi connectivity index (χ1v) is 9.29. The largest absolute Gasteiger partial charge is 0.368 e. The SMILES string of the molecule is CCCCNc1nc(-c2ccccc2)nc2c1nnn2Cc1ccccc1. The zero-order valence-corrected chi connectivity index (χ0v) is 15.3. The molecule has 0 spiro atoms. The number of anilines is 1. The predicted octanol–water partition coefficient (Wildman–Crippen LogP) is 4.15. The summed E-state index contributed by atoms with van der Waals surface area (Å²) < 4.78 is 1.84. The van der Waals surface area contributed by atoms with Crippen molar-refractivity contribution in [3.63, 3.8) is 0 Å². The number of benzene rings is 2. The molecule has 0 aliphatic rings. The fraction of sp³-hybridized carbons (Fsp3) is 0.238. The van der Waals surface area contributed by atoms with Crippen LogP contribution in [-0.4, -0.2) is 31.5 Å². The van der Waals surface area contributed by atoms with Crippen molar-refractivity contribution in [2.45, 2.75) is 26.3 Å². The zero-order chi connectivity index (χ0) is 18.5. The highest BCUT2D eigenvalue weighted by atomic mass is 15.4. The Balaban J connectivity index is 1.78. The average Bonchev–Trinajstić information content (AvgIpc) is 3.12. The maximum Gasteiger partial charge on any atom is 0.184 e. The Morgan fingerprint density at radius 2 is 1.67 bits per heavy atom. The van der Waals surface area contributed by atoms with Crippen LogP contribution in [0, 0.1) is 0 Å². The van der Waals surface area contributed by atoms with Crippen LogP contribution in [0.4, 0.5) is 5.82 Å². The minimum Gasteiger partial charge on any atom is -0.368 e. The molecule has 0 aliphatic carbocycles. The predicted molar refractivity (Wildman–Crippen MR) is 107 cm³/mol. The van der Waals surface area contributed by atoms with Crippen LogP contribution in [0.5, 0.6) is 0 Å². The Kier molecular flexibility index (Phi) is 5.05. The third-order valence-corrected chi connectivity index (χ3v) is 4.39. The molecule has 0 fully saturated rings. The molecule has 6 heteroatoms. The Labute approximate surface area is 158 Å². The van der Waals surface area contributed by atoms with Gasteiger partial charge in [-0.2, -0.15) is 0 Å². The summed E-state index contributed by atoms with van der Waals surface area (Å²) in [4.78, 5) is 9.50. The van der Waals surface area contributed by atoms with E-state index in [4.69, 9.17) is 9.97 Å². The number of aromatic nitrogens is 5. The van der Waals surface area contributed by atoms with Gasteiger partial charge in [0.2, 0.25) is 0 Å². The van der Waals surface area contributed by atoms with Crippen molar-refractivity contribution >= 4 is 17.0 Å². The highest BCUT2D eigenvalue weighted by molar-refractivity contribution is 5.84. The third kappa shape index (κ3) is 3.79. The van der Waals surface area contributed by atoms with Gasteiger partial charge in [-0.1, -0.05) is 79.2 Å².